The van der Waals surface area contributed by atoms with Crippen LogP contribution in [0.15, 0.2) is 18.2 Å². The molecule has 0 aliphatic carbocycles. The first-order valence-electron chi connectivity index (χ1n) is 6.85. The van der Waals surface area contributed by atoms with Gasteiger partial charge in [0.2, 0.25) is 0 Å². The second-order valence-corrected chi connectivity index (χ2v) is 4.86. The Labute approximate surface area is 118 Å². The van der Waals surface area contributed by atoms with Crippen LogP contribution in [0, 0.1) is 17.0 Å². The van der Waals surface area contributed by atoms with E-state index in [2.05, 4.69) is 4.90 Å². The number of ether oxygens (including phenoxy) is 2. The predicted octanol–water partition coefficient (Wildman–Crippen LogP) is 2.00. The summed E-state index contributed by atoms with van der Waals surface area (Å²) >= 11 is 0. The van der Waals surface area contributed by atoms with Crippen molar-refractivity contribution in [2.75, 3.05) is 39.5 Å². The summed E-state index contributed by atoms with van der Waals surface area (Å²) in [5.41, 5.74) is 0.987. The van der Waals surface area contributed by atoms with Crippen LogP contribution in [0.2, 0.25) is 0 Å². The summed E-state index contributed by atoms with van der Waals surface area (Å²) in [5, 5.41) is 10.7. The molecule has 2 rings (SSSR count). The molecule has 0 amide bonds. The monoisotopic (exact) mass is 280 g/mol. The van der Waals surface area contributed by atoms with Crippen molar-refractivity contribution >= 4 is 5.69 Å². The third-order valence-corrected chi connectivity index (χ3v) is 3.36. The van der Waals surface area contributed by atoms with Crippen molar-refractivity contribution in [1.29, 1.82) is 0 Å². The number of rotatable bonds is 6. The molecule has 1 aliphatic heterocycles. The first-order chi connectivity index (χ1) is 9.66. The maximum atomic E-state index is 10.7. The smallest absolute Gasteiger partial charge is 0.273 e. The molecule has 0 unspecified atom stereocenters. The Morgan fingerprint density at radius 2 is 2.15 bits per heavy atom. The lowest BCUT2D eigenvalue weighted by atomic mass is 10.2. The number of morpholine rings is 1. The number of benzene rings is 1. The summed E-state index contributed by atoms with van der Waals surface area (Å²) in [6.07, 6.45) is 0.905. The Hall–Kier alpha value is -1.66. The molecule has 6 heteroatoms. The van der Waals surface area contributed by atoms with Crippen LogP contribution >= 0.6 is 0 Å². The fourth-order valence-electron chi connectivity index (χ4n) is 2.15. The number of hydrogen-bond donors (Lipinski definition) is 0. The second kappa shape index (κ2) is 7.21. The SMILES string of the molecule is Cc1ccc([N+](=O)[O-])cc1OCCCN1CCOCC1. The summed E-state index contributed by atoms with van der Waals surface area (Å²) in [5.74, 6) is 0.598. The van der Waals surface area contributed by atoms with E-state index in [4.69, 9.17) is 9.47 Å². The van der Waals surface area contributed by atoms with Gasteiger partial charge in [-0.2, -0.15) is 0 Å². The highest BCUT2D eigenvalue weighted by molar-refractivity contribution is 5.43. The Morgan fingerprint density at radius 1 is 1.40 bits per heavy atom. The maximum absolute atomic E-state index is 10.7. The molecule has 1 heterocycles. The van der Waals surface area contributed by atoms with Crippen molar-refractivity contribution in [3.8, 4) is 5.75 Å². The molecule has 1 fully saturated rings. The van der Waals surface area contributed by atoms with Crippen LogP contribution in [0.1, 0.15) is 12.0 Å². The van der Waals surface area contributed by atoms with Gasteiger partial charge in [0.05, 0.1) is 30.8 Å². The van der Waals surface area contributed by atoms with E-state index < -0.39 is 4.92 Å². The molecule has 0 bridgehead atoms. The van der Waals surface area contributed by atoms with Crippen LogP contribution in [-0.2, 0) is 4.74 Å². The van der Waals surface area contributed by atoms with Gasteiger partial charge in [0, 0.05) is 25.7 Å². The number of nitro benzene ring substituents is 1. The van der Waals surface area contributed by atoms with Gasteiger partial charge in [-0.3, -0.25) is 15.0 Å². The third-order valence-electron chi connectivity index (χ3n) is 3.36. The van der Waals surface area contributed by atoms with Gasteiger partial charge in [0.15, 0.2) is 0 Å². The van der Waals surface area contributed by atoms with E-state index in [-0.39, 0.29) is 5.69 Å². The van der Waals surface area contributed by atoms with Crippen LogP contribution in [0.4, 0.5) is 5.69 Å². The summed E-state index contributed by atoms with van der Waals surface area (Å²) in [6.45, 7) is 6.96. The lowest BCUT2D eigenvalue weighted by Gasteiger charge is -2.26. The highest BCUT2D eigenvalue weighted by Gasteiger charge is 2.11. The third kappa shape index (κ3) is 4.18. The number of aryl methyl sites for hydroxylation is 1. The van der Waals surface area contributed by atoms with Crippen molar-refractivity contribution in [1.82, 2.24) is 4.90 Å². The first kappa shape index (κ1) is 14.7. The van der Waals surface area contributed by atoms with Crippen LogP contribution in [0.5, 0.6) is 5.75 Å². The van der Waals surface area contributed by atoms with Crippen LogP contribution in [-0.4, -0.2) is 49.3 Å². The Balaban J connectivity index is 1.78. The number of hydrogen-bond acceptors (Lipinski definition) is 5. The summed E-state index contributed by atoms with van der Waals surface area (Å²) in [7, 11) is 0. The van der Waals surface area contributed by atoms with Gasteiger partial charge in [-0.15, -0.1) is 0 Å². The summed E-state index contributed by atoms with van der Waals surface area (Å²) in [6, 6.07) is 4.70. The fourth-order valence-corrected chi connectivity index (χ4v) is 2.15. The fraction of sp³-hybridized carbons (Fsp3) is 0.571. The molecule has 0 radical (unpaired) electrons. The zero-order valence-electron chi connectivity index (χ0n) is 11.7. The molecule has 0 aromatic heterocycles. The van der Waals surface area contributed by atoms with Gasteiger partial charge in [-0.1, -0.05) is 0 Å². The van der Waals surface area contributed by atoms with Gasteiger partial charge in [0.1, 0.15) is 5.75 Å². The predicted molar refractivity (Wildman–Crippen MR) is 75.2 cm³/mol. The number of nitrogens with zero attached hydrogens (tertiary/aromatic N) is 2. The average Bonchev–Trinajstić information content (AvgIpc) is 2.46. The molecule has 1 aromatic carbocycles. The normalized spacial score (nSPS) is 16.1. The lowest BCUT2D eigenvalue weighted by Crippen LogP contribution is -2.37. The molecule has 0 atom stereocenters. The van der Waals surface area contributed by atoms with E-state index in [1.807, 2.05) is 6.92 Å². The zero-order chi connectivity index (χ0) is 14.4. The van der Waals surface area contributed by atoms with Crippen LogP contribution in [0.25, 0.3) is 0 Å². The summed E-state index contributed by atoms with van der Waals surface area (Å²) in [4.78, 5) is 12.7. The summed E-state index contributed by atoms with van der Waals surface area (Å²) < 4.78 is 10.9. The van der Waals surface area contributed by atoms with Gasteiger partial charge >= 0.3 is 0 Å². The van der Waals surface area contributed by atoms with Gasteiger partial charge < -0.3 is 9.47 Å². The highest BCUT2D eigenvalue weighted by Crippen LogP contribution is 2.24. The van der Waals surface area contributed by atoms with E-state index in [0.717, 1.165) is 44.8 Å². The number of nitro groups is 1. The molecule has 6 nitrogen and oxygen atoms in total. The van der Waals surface area contributed by atoms with Crippen molar-refractivity contribution in [3.05, 3.63) is 33.9 Å². The van der Waals surface area contributed by atoms with E-state index in [0.29, 0.717) is 12.4 Å². The minimum atomic E-state index is -0.403. The Kier molecular flexibility index (Phi) is 5.31. The molecule has 0 saturated carbocycles. The van der Waals surface area contributed by atoms with E-state index in [9.17, 15) is 10.1 Å². The van der Waals surface area contributed by atoms with Crippen molar-refractivity contribution < 1.29 is 14.4 Å². The minimum Gasteiger partial charge on any atom is -0.493 e. The quantitative estimate of drug-likeness (QED) is 0.453. The van der Waals surface area contributed by atoms with Crippen LogP contribution in [0.3, 0.4) is 0 Å². The molecular weight excluding hydrogens is 260 g/mol. The topological polar surface area (TPSA) is 64.8 Å². The number of non-ortho nitro benzene ring substituents is 1. The largest absolute Gasteiger partial charge is 0.493 e. The van der Waals surface area contributed by atoms with Crippen LogP contribution < -0.4 is 4.74 Å². The minimum absolute atomic E-state index is 0.0683. The highest BCUT2D eigenvalue weighted by atomic mass is 16.6. The van der Waals surface area contributed by atoms with Gasteiger partial charge in [-0.05, 0) is 25.0 Å². The lowest BCUT2D eigenvalue weighted by molar-refractivity contribution is -0.384. The van der Waals surface area contributed by atoms with Crippen molar-refractivity contribution in [3.63, 3.8) is 0 Å². The van der Waals surface area contributed by atoms with Crippen molar-refractivity contribution in [2.45, 2.75) is 13.3 Å². The molecule has 1 saturated heterocycles. The molecular formula is C14H20N2O4. The standard InChI is InChI=1S/C14H20N2O4/c1-12-3-4-13(16(17)18)11-14(12)20-8-2-5-15-6-9-19-10-7-15/h3-4,11H,2,5-10H2,1H3. The molecule has 20 heavy (non-hydrogen) atoms. The Bertz CT molecular complexity index is 458. The van der Waals surface area contributed by atoms with E-state index >= 15 is 0 Å². The zero-order valence-corrected chi connectivity index (χ0v) is 11.7. The maximum Gasteiger partial charge on any atom is 0.273 e. The van der Waals surface area contributed by atoms with Crippen molar-refractivity contribution in [2.24, 2.45) is 0 Å². The molecule has 110 valence electrons. The van der Waals surface area contributed by atoms with Gasteiger partial charge in [0.25, 0.3) is 5.69 Å². The van der Waals surface area contributed by atoms with Gasteiger partial charge in [-0.25, -0.2) is 0 Å². The molecule has 1 aliphatic rings. The van der Waals surface area contributed by atoms with E-state index in [1.165, 1.54) is 12.1 Å². The first-order valence-corrected chi connectivity index (χ1v) is 6.85. The Morgan fingerprint density at radius 3 is 2.85 bits per heavy atom. The average molecular weight is 280 g/mol. The molecule has 0 N–H and O–H groups in total. The molecule has 0 spiro atoms. The molecule has 1 aromatic rings. The van der Waals surface area contributed by atoms with E-state index in [1.54, 1.807) is 6.07 Å². The second-order valence-electron chi connectivity index (χ2n) is 4.86.